The number of para-hydroxylation sites is 2. The Morgan fingerprint density at radius 3 is 1.40 bits per heavy atom. The highest BCUT2D eigenvalue weighted by Gasteiger charge is 2.24. The second-order valence-corrected chi connectivity index (χ2v) is 22.5. The van der Waals surface area contributed by atoms with Gasteiger partial charge in [0.15, 0.2) is 25.2 Å². The zero-order valence-corrected chi connectivity index (χ0v) is 53.6. The number of rotatable bonds is 21. The number of carbonyl (C=O) groups excluding carboxylic acids is 3. The van der Waals surface area contributed by atoms with Gasteiger partial charge in [0, 0.05) is 124 Å². The number of aromatic nitrogens is 8. The van der Waals surface area contributed by atoms with Gasteiger partial charge in [-0.2, -0.15) is 10.2 Å². The van der Waals surface area contributed by atoms with E-state index in [9.17, 15) is 14.4 Å². The van der Waals surface area contributed by atoms with Crippen molar-refractivity contribution < 1.29 is 42.8 Å². The second-order valence-electron chi connectivity index (χ2n) is 22.5. The molecule has 5 N–H and O–H groups in total. The van der Waals surface area contributed by atoms with Gasteiger partial charge in [0.2, 0.25) is 0 Å². The molecular weight excluding hydrogens is 1220 g/mol. The van der Waals surface area contributed by atoms with E-state index < -0.39 is 0 Å². The largest absolute Gasteiger partial charge is 0.467 e. The Morgan fingerprint density at radius 1 is 0.521 bits per heavy atom. The average Bonchev–Trinajstić information content (AvgIpc) is 1.50. The van der Waals surface area contributed by atoms with Gasteiger partial charge >= 0.3 is 12.2 Å². The molecule has 2 atom stereocenters. The third-order valence-electron chi connectivity index (χ3n) is 16.1. The van der Waals surface area contributed by atoms with Gasteiger partial charge in [-0.25, -0.2) is 9.59 Å². The molecule has 0 bridgehead atoms. The third-order valence-corrected chi connectivity index (χ3v) is 16.1. The maximum Gasteiger partial charge on any atom is 0.410 e. The van der Waals surface area contributed by atoms with Crippen molar-refractivity contribution in [2.24, 2.45) is 0 Å². The quantitative estimate of drug-likeness (QED) is 0.0446. The zero-order valence-electron chi connectivity index (χ0n) is 53.6. The molecular formula is C73H82N14O9. The van der Waals surface area contributed by atoms with Crippen LogP contribution >= 0.6 is 0 Å². The van der Waals surface area contributed by atoms with Crippen molar-refractivity contribution in [3.8, 4) is 56.3 Å². The van der Waals surface area contributed by atoms with Gasteiger partial charge in [0.1, 0.15) is 31.0 Å². The van der Waals surface area contributed by atoms with Crippen molar-refractivity contribution >= 4 is 30.1 Å². The highest BCUT2D eigenvalue weighted by molar-refractivity contribution is 5.80. The lowest BCUT2D eigenvalue weighted by molar-refractivity contribution is 0.0513. The van der Waals surface area contributed by atoms with Crippen LogP contribution in [0, 0.1) is 0 Å². The molecule has 6 heterocycles. The van der Waals surface area contributed by atoms with Gasteiger partial charge in [0.05, 0.1) is 35.9 Å². The van der Waals surface area contributed by atoms with Crippen molar-refractivity contribution in [2.45, 2.75) is 53.1 Å². The fourth-order valence-electron chi connectivity index (χ4n) is 10.6. The lowest BCUT2D eigenvalue weighted by atomic mass is 10.0. The standard InChI is InChI=1S/C36H39N7O4.C24H23N5O3.C12H16N2O2.CH4/c1-26(43-23-30(21-38-43)32-20-33(39-40-35(32)37)31-10-6-7-11-34(31)47-25-45-2)29-14-12-27(13-15-29)22-41-16-18-42(19-17-41)36(44)46-24-28-8-4-3-5-9-28;1-16(18-9-7-17(14-30)8-10-18)29-13-19(12-26-29)21-11-22(27-28-24(21)25)20-5-3-4-6-23(20)32-15-31-2;15-12(14-8-6-13-7-9-14)16-10-11-4-2-1-3-5-11;/h3-15,20-21,23,26H,16-19,22,24-25H2,1-2H3,(H2,37,40);3-14,16H,15H2,1-2H3,(H2,25,28);1-5,13H,6-10H2;1H4. The van der Waals surface area contributed by atoms with Crippen molar-refractivity contribution in [3.05, 3.63) is 228 Å². The van der Waals surface area contributed by atoms with Crippen LogP contribution in [0.3, 0.4) is 0 Å². The molecule has 12 rings (SSSR count). The highest BCUT2D eigenvalue weighted by atomic mass is 16.7. The molecule has 96 heavy (non-hydrogen) atoms. The summed E-state index contributed by atoms with van der Waals surface area (Å²) in [5.41, 5.74) is 24.5. The van der Waals surface area contributed by atoms with E-state index in [4.69, 9.17) is 39.9 Å². The number of nitrogens with two attached hydrogens (primary N) is 2. The predicted octanol–water partition coefficient (Wildman–Crippen LogP) is 11.5. The van der Waals surface area contributed by atoms with E-state index in [1.54, 1.807) is 48.5 Å². The molecule has 23 heteroatoms. The van der Waals surface area contributed by atoms with E-state index >= 15 is 0 Å². The monoisotopic (exact) mass is 1300 g/mol. The van der Waals surface area contributed by atoms with E-state index in [0.717, 1.165) is 108 Å². The minimum Gasteiger partial charge on any atom is -0.467 e. The normalized spacial score (nSPS) is 13.5. The summed E-state index contributed by atoms with van der Waals surface area (Å²) < 4.78 is 36.0. The molecule has 4 aromatic heterocycles. The molecule has 23 nitrogen and oxygen atoms in total. The SMILES string of the molecule is C.COCOc1ccccc1-c1cc(-c2cnn(C(C)c3ccc(C=O)cc3)c2)c(N)nn1.COCOc1ccccc1-c1cc(-c2cnn(C(C)c3ccc(CN4CCN(C(=O)OCc5ccccc5)CC4)cc3)c2)c(N)nn1.O=C(OCc1ccccc1)N1CCNCC1. The lowest BCUT2D eigenvalue weighted by Gasteiger charge is -2.34. The zero-order chi connectivity index (χ0) is 66.3. The Hall–Kier alpha value is -10.9. The topological polar surface area (TPSA) is 268 Å². The van der Waals surface area contributed by atoms with Crippen LogP contribution in [0.2, 0.25) is 0 Å². The van der Waals surface area contributed by atoms with Crippen LogP contribution < -0.4 is 26.3 Å². The summed E-state index contributed by atoms with van der Waals surface area (Å²) >= 11 is 0. The Morgan fingerprint density at radius 2 is 0.948 bits per heavy atom. The molecule has 0 spiro atoms. The lowest BCUT2D eigenvalue weighted by Crippen LogP contribution is -2.48. The number of nitrogen functional groups attached to an aromatic ring is 2. The highest BCUT2D eigenvalue weighted by Crippen LogP contribution is 2.35. The number of methoxy groups -OCH3 is 2. The van der Waals surface area contributed by atoms with E-state index in [1.807, 2.05) is 162 Å². The summed E-state index contributed by atoms with van der Waals surface area (Å²) in [5, 5.41) is 29.3. The number of hydrogen-bond donors (Lipinski definition) is 3. The average molecular weight is 1300 g/mol. The van der Waals surface area contributed by atoms with Crippen LogP contribution in [-0.4, -0.2) is 153 Å². The first-order valence-corrected chi connectivity index (χ1v) is 31.2. The summed E-state index contributed by atoms with van der Waals surface area (Å²) in [6, 6.07) is 54.4. The summed E-state index contributed by atoms with van der Waals surface area (Å²) in [6.07, 6.45) is 7.80. The van der Waals surface area contributed by atoms with Crippen molar-refractivity contribution in [1.29, 1.82) is 0 Å². The van der Waals surface area contributed by atoms with Crippen LogP contribution in [0.1, 0.15) is 71.5 Å². The van der Waals surface area contributed by atoms with Crippen LogP contribution in [0.4, 0.5) is 21.2 Å². The molecule has 6 aromatic carbocycles. The van der Waals surface area contributed by atoms with Gasteiger partial charge in [-0.05, 0) is 78.1 Å². The number of amides is 2. The van der Waals surface area contributed by atoms with Crippen LogP contribution in [-0.2, 0) is 38.7 Å². The smallest absolute Gasteiger partial charge is 0.410 e. The van der Waals surface area contributed by atoms with Crippen LogP contribution in [0.25, 0.3) is 44.8 Å². The fraction of sp³-hybridized carbons (Fsp3) is 0.274. The van der Waals surface area contributed by atoms with Gasteiger partial charge in [-0.3, -0.25) is 19.1 Å². The number of nitrogens with zero attached hydrogens (tertiary/aromatic N) is 11. The number of nitrogens with one attached hydrogen (secondary N) is 1. The third kappa shape index (κ3) is 18.7. The van der Waals surface area contributed by atoms with Crippen LogP contribution in [0.5, 0.6) is 11.5 Å². The molecule has 0 saturated carbocycles. The number of anilines is 2. The molecule has 0 aliphatic carbocycles. The van der Waals surface area contributed by atoms with E-state index in [0.29, 0.717) is 66.4 Å². The maximum atomic E-state index is 12.5. The van der Waals surface area contributed by atoms with Crippen molar-refractivity contribution in [2.75, 3.05) is 91.6 Å². The van der Waals surface area contributed by atoms with Crippen molar-refractivity contribution in [3.63, 3.8) is 0 Å². The van der Waals surface area contributed by atoms with Crippen LogP contribution in [0.15, 0.2) is 195 Å². The molecule has 498 valence electrons. The van der Waals surface area contributed by atoms with E-state index in [-0.39, 0.29) is 45.3 Å². The summed E-state index contributed by atoms with van der Waals surface area (Å²) in [4.78, 5) is 41.0. The number of piperazine rings is 2. The second kappa shape index (κ2) is 34.9. The minimum atomic E-state index is -0.255. The molecule has 2 aliphatic rings. The number of hydrogen-bond acceptors (Lipinski definition) is 19. The number of benzene rings is 6. The molecule has 2 fully saturated rings. The van der Waals surface area contributed by atoms with Gasteiger partial charge in [0.25, 0.3) is 0 Å². The van der Waals surface area contributed by atoms with Gasteiger partial charge < -0.3 is 55.0 Å². The Bertz CT molecular complexity index is 4070. The number of ether oxygens (including phenoxy) is 6. The molecule has 10 aromatic rings. The maximum absolute atomic E-state index is 12.5. The molecule has 2 amide bonds. The molecule has 2 aliphatic heterocycles. The summed E-state index contributed by atoms with van der Waals surface area (Å²) in [6.45, 7) is 11.9. The Balaban J connectivity index is 0.000000189. The summed E-state index contributed by atoms with van der Waals surface area (Å²) in [5.74, 6) is 1.92. The number of carbonyl (C=O) groups is 3. The first-order valence-electron chi connectivity index (χ1n) is 31.2. The Labute approximate surface area is 559 Å². The van der Waals surface area contributed by atoms with Crippen molar-refractivity contribution in [1.82, 2.24) is 60.0 Å². The van der Waals surface area contributed by atoms with E-state index in [2.05, 4.69) is 72.0 Å². The van der Waals surface area contributed by atoms with Gasteiger partial charge in [-0.15, -0.1) is 20.4 Å². The molecule has 0 radical (unpaired) electrons. The minimum absolute atomic E-state index is 0. The summed E-state index contributed by atoms with van der Waals surface area (Å²) in [7, 11) is 3.15. The number of aldehydes is 1. The molecule has 2 unspecified atom stereocenters. The predicted molar refractivity (Wildman–Crippen MR) is 368 cm³/mol. The van der Waals surface area contributed by atoms with Gasteiger partial charge in [-0.1, -0.05) is 141 Å². The fourth-order valence-corrected chi connectivity index (χ4v) is 10.6. The first-order chi connectivity index (χ1) is 46.4. The Kier molecular flexibility index (Phi) is 25.2. The first kappa shape index (κ1) is 69.5. The molecule has 2 saturated heterocycles. The van der Waals surface area contributed by atoms with E-state index in [1.165, 1.54) is 5.56 Å².